The molecule has 0 N–H and O–H groups in total. The van der Waals surface area contributed by atoms with E-state index in [1.807, 2.05) is 6.08 Å². The van der Waals surface area contributed by atoms with Crippen LogP contribution in [0.5, 0.6) is 0 Å². The van der Waals surface area contributed by atoms with E-state index in [1.54, 1.807) is 12.8 Å². The minimum Gasteiger partial charge on any atom is -0.454 e. The van der Waals surface area contributed by atoms with Gasteiger partial charge in [0.05, 0.1) is 12.8 Å². The first-order chi connectivity index (χ1) is 3.50. The van der Waals surface area contributed by atoms with Crippen LogP contribution >= 0.6 is 0 Å². The summed E-state index contributed by atoms with van der Waals surface area (Å²) in [5, 5.41) is 0. The van der Waals surface area contributed by atoms with Crippen molar-refractivity contribution >= 4 is 6.40 Å². The van der Waals surface area contributed by atoms with Gasteiger partial charge in [-0.2, -0.15) is 0 Å². The van der Waals surface area contributed by atoms with E-state index >= 15 is 0 Å². The van der Waals surface area contributed by atoms with Gasteiger partial charge in [0, 0.05) is 0 Å². The normalized spacial score (nSPS) is 18.3. The summed E-state index contributed by atoms with van der Waals surface area (Å²) in [6.07, 6.45) is 5.79. The predicted octanol–water partition coefficient (Wildman–Crippen LogP) is 1.11. The van der Waals surface area contributed by atoms with Crippen LogP contribution in [0.3, 0.4) is 0 Å². The third-order valence-electron chi connectivity index (χ3n) is 0.643. The summed E-state index contributed by atoms with van der Waals surface area (Å²) < 4.78 is 4.69. The van der Waals surface area contributed by atoms with Crippen molar-refractivity contribution in [2.75, 3.05) is 0 Å². The molecule has 0 unspecified atom stereocenters. The van der Waals surface area contributed by atoms with Crippen LogP contribution in [0.4, 0.5) is 0 Å². The molecule has 0 fully saturated rings. The van der Waals surface area contributed by atoms with Crippen molar-refractivity contribution in [1.82, 2.24) is 0 Å². The van der Waals surface area contributed by atoms with E-state index in [0.717, 1.165) is 6.42 Å². The summed E-state index contributed by atoms with van der Waals surface area (Å²) >= 11 is 0. The van der Waals surface area contributed by atoms with Gasteiger partial charge in [-0.05, 0) is 12.5 Å². The van der Waals surface area contributed by atoms with Gasteiger partial charge in [-0.1, -0.05) is 0 Å². The molecule has 37 valence electrons. The van der Waals surface area contributed by atoms with Gasteiger partial charge in [0.15, 0.2) is 6.40 Å². The monoisotopic (exact) mass is 96.0 g/mol. The summed E-state index contributed by atoms with van der Waals surface area (Å²) in [7, 11) is 0. The molecule has 7 heavy (non-hydrogen) atoms. The lowest BCUT2D eigenvalue weighted by molar-refractivity contribution is 0.495. The second-order valence-electron chi connectivity index (χ2n) is 1.18. The SMILES string of the molecule is [CH]1CC=COC=N1. The molecule has 1 rings (SSSR count). The highest BCUT2D eigenvalue weighted by Crippen LogP contribution is 1.93. The molecule has 0 saturated heterocycles. The van der Waals surface area contributed by atoms with E-state index in [9.17, 15) is 0 Å². The molecule has 0 aromatic heterocycles. The van der Waals surface area contributed by atoms with E-state index in [1.165, 1.54) is 6.40 Å². The van der Waals surface area contributed by atoms with Gasteiger partial charge in [0.2, 0.25) is 0 Å². The van der Waals surface area contributed by atoms with Gasteiger partial charge in [-0.3, -0.25) is 4.99 Å². The van der Waals surface area contributed by atoms with E-state index in [4.69, 9.17) is 4.74 Å². The summed E-state index contributed by atoms with van der Waals surface area (Å²) in [5.74, 6) is 0. The molecule has 1 radical (unpaired) electrons. The third kappa shape index (κ3) is 1.39. The summed E-state index contributed by atoms with van der Waals surface area (Å²) in [6, 6.07) is 0. The molecule has 0 aromatic carbocycles. The van der Waals surface area contributed by atoms with Crippen LogP contribution < -0.4 is 0 Å². The van der Waals surface area contributed by atoms with Crippen LogP contribution in [0.2, 0.25) is 0 Å². The Kier molecular flexibility index (Phi) is 1.50. The number of hydrogen-bond acceptors (Lipinski definition) is 2. The maximum Gasteiger partial charge on any atom is 0.176 e. The highest BCUT2D eigenvalue weighted by Gasteiger charge is 1.81. The summed E-state index contributed by atoms with van der Waals surface area (Å²) in [6.45, 7) is 1.78. The number of aliphatic imine (C=N–C) groups is 1. The van der Waals surface area contributed by atoms with Crippen molar-refractivity contribution in [3.05, 3.63) is 18.9 Å². The second kappa shape index (κ2) is 2.39. The Labute approximate surface area is 42.5 Å². The summed E-state index contributed by atoms with van der Waals surface area (Å²) in [5.41, 5.74) is 0. The van der Waals surface area contributed by atoms with Gasteiger partial charge in [0.1, 0.15) is 0 Å². The summed E-state index contributed by atoms with van der Waals surface area (Å²) in [4.78, 5) is 3.74. The minimum atomic E-state index is 0.872. The topological polar surface area (TPSA) is 21.6 Å². The van der Waals surface area contributed by atoms with E-state index < -0.39 is 0 Å². The quantitative estimate of drug-likeness (QED) is 0.442. The molecule has 0 aromatic rings. The fourth-order valence-corrected chi connectivity index (χ4v) is 0.346. The smallest absolute Gasteiger partial charge is 0.176 e. The fourth-order valence-electron chi connectivity index (χ4n) is 0.346. The standard InChI is InChI=1S/C5H6NO/c1-2-4-7-5-6-3-1/h2-5H,1H2. The molecule has 1 aliphatic heterocycles. The largest absolute Gasteiger partial charge is 0.454 e. The van der Waals surface area contributed by atoms with Crippen molar-refractivity contribution in [2.24, 2.45) is 4.99 Å². The first-order valence-electron chi connectivity index (χ1n) is 2.14. The van der Waals surface area contributed by atoms with Gasteiger partial charge in [0.25, 0.3) is 0 Å². The molecule has 1 aliphatic rings. The first-order valence-corrected chi connectivity index (χ1v) is 2.14. The van der Waals surface area contributed by atoms with Crippen LogP contribution in [-0.4, -0.2) is 6.40 Å². The van der Waals surface area contributed by atoms with E-state index in [2.05, 4.69) is 4.99 Å². The molecule has 2 nitrogen and oxygen atoms in total. The molecule has 2 heteroatoms. The molecule has 0 bridgehead atoms. The Morgan fingerprint density at radius 2 is 2.57 bits per heavy atom. The second-order valence-corrected chi connectivity index (χ2v) is 1.18. The highest BCUT2D eigenvalue weighted by molar-refractivity contribution is 5.48. The number of nitrogens with zero attached hydrogens (tertiary/aromatic N) is 1. The maximum absolute atomic E-state index is 4.69. The predicted molar refractivity (Wildman–Crippen MR) is 27.6 cm³/mol. The molecular formula is C5H6NO. The first kappa shape index (κ1) is 4.37. The van der Waals surface area contributed by atoms with Gasteiger partial charge < -0.3 is 4.74 Å². The van der Waals surface area contributed by atoms with Gasteiger partial charge in [-0.15, -0.1) is 0 Å². The van der Waals surface area contributed by atoms with Crippen molar-refractivity contribution < 1.29 is 4.74 Å². The lowest BCUT2D eigenvalue weighted by Gasteiger charge is -1.78. The number of ether oxygens (including phenoxy) is 1. The van der Waals surface area contributed by atoms with Crippen molar-refractivity contribution in [2.45, 2.75) is 6.42 Å². The Hall–Kier alpha value is -0.790. The van der Waals surface area contributed by atoms with E-state index in [-0.39, 0.29) is 0 Å². The number of rotatable bonds is 0. The molecular weight excluding hydrogens is 90.1 g/mol. The van der Waals surface area contributed by atoms with Crippen LogP contribution in [0.15, 0.2) is 17.3 Å². The Morgan fingerprint density at radius 1 is 1.57 bits per heavy atom. The molecule has 0 spiro atoms. The van der Waals surface area contributed by atoms with Crippen molar-refractivity contribution in [1.29, 1.82) is 0 Å². The average Bonchev–Trinajstić information content (AvgIpc) is 1.90. The van der Waals surface area contributed by atoms with Gasteiger partial charge in [-0.25, -0.2) is 0 Å². The van der Waals surface area contributed by atoms with Crippen molar-refractivity contribution in [3.8, 4) is 0 Å². The van der Waals surface area contributed by atoms with Gasteiger partial charge >= 0.3 is 0 Å². The van der Waals surface area contributed by atoms with Crippen LogP contribution in [0.25, 0.3) is 0 Å². The molecule has 0 aliphatic carbocycles. The van der Waals surface area contributed by atoms with Crippen LogP contribution in [0.1, 0.15) is 6.42 Å². The van der Waals surface area contributed by atoms with Crippen molar-refractivity contribution in [3.63, 3.8) is 0 Å². The average molecular weight is 96.1 g/mol. The Morgan fingerprint density at radius 3 is 3.57 bits per heavy atom. The Balaban J connectivity index is 2.38. The lowest BCUT2D eigenvalue weighted by atomic mass is 10.4. The molecule has 0 amide bonds. The fraction of sp³-hybridized carbons (Fsp3) is 0.200. The molecule has 1 heterocycles. The lowest BCUT2D eigenvalue weighted by Crippen LogP contribution is -1.69. The number of hydrogen-bond donors (Lipinski definition) is 0. The maximum atomic E-state index is 4.69. The highest BCUT2D eigenvalue weighted by atomic mass is 16.5. The van der Waals surface area contributed by atoms with Crippen LogP contribution in [-0.2, 0) is 4.74 Å². The van der Waals surface area contributed by atoms with Crippen LogP contribution in [0, 0.1) is 6.54 Å². The zero-order valence-corrected chi connectivity index (χ0v) is 3.87. The Bertz CT molecular complexity index is 84.3. The third-order valence-corrected chi connectivity index (χ3v) is 0.643. The zero-order chi connectivity index (χ0) is 4.95. The zero-order valence-electron chi connectivity index (χ0n) is 3.87. The van der Waals surface area contributed by atoms with E-state index in [0.29, 0.717) is 0 Å². The minimum absolute atomic E-state index is 0.872. The molecule has 0 saturated carbocycles. The molecule has 0 atom stereocenters.